The Morgan fingerprint density at radius 3 is 2.96 bits per heavy atom. The Bertz CT molecular complexity index is 637. The Hall–Kier alpha value is -1.30. The van der Waals surface area contributed by atoms with Gasteiger partial charge in [-0.05, 0) is 37.4 Å². The molecule has 1 aliphatic heterocycles. The lowest BCUT2D eigenvalue weighted by molar-refractivity contribution is 0.282. The molecule has 3 rings (SSSR count). The van der Waals surface area contributed by atoms with Gasteiger partial charge in [-0.25, -0.2) is 0 Å². The van der Waals surface area contributed by atoms with Crippen LogP contribution < -0.4 is 5.32 Å². The number of fused-ring (bicyclic) bond motifs is 1. The van der Waals surface area contributed by atoms with Crippen LogP contribution in [0.25, 0.3) is 0 Å². The second kappa shape index (κ2) is 7.51. The van der Waals surface area contributed by atoms with Crippen LogP contribution in [0.15, 0.2) is 36.7 Å². The molecule has 0 unspecified atom stereocenters. The maximum atomic E-state index is 4.32. The molecule has 0 fully saturated rings. The van der Waals surface area contributed by atoms with Crippen molar-refractivity contribution in [2.24, 2.45) is 7.05 Å². The predicted octanol–water partition coefficient (Wildman–Crippen LogP) is 2.64. The molecular weight excluding hydrogens is 304 g/mol. The van der Waals surface area contributed by atoms with E-state index in [2.05, 4.69) is 59.9 Å². The fraction of sp³-hybridized carbons (Fsp3) is 0.500. The Morgan fingerprint density at radius 1 is 1.39 bits per heavy atom. The largest absolute Gasteiger partial charge is 0.307 e. The molecule has 1 aromatic heterocycles. The number of benzene rings is 1. The van der Waals surface area contributed by atoms with Crippen molar-refractivity contribution in [3.05, 3.63) is 53.3 Å². The summed E-state index contributed by atoms with van der Waals surface area (Å²) in [6.45, 7) is 0.929. The lowest BCUT2D eigenvalue weighted by Gasteiger charge is -2.27. The van der Waals surface area contributed by atoms with Crippen molar-refractivity contribution in [1.29, 1.82) is 0 Å². The molecule has 0 radical (unpaired) electrons. The van der Waals surface area contributed by atoms with Gasteiger partial charge in [0.25, 0.3) is 0 Å². The minimum Gasteiger partial charge on any atom is -0.307 e. The maximum Gasteiger partial charge on any atom is 0.0538 e. The molecule has 0 amide bonds. The molecule has 0 spiro atoms. The van der Waals surface area contributed by atoms with Gasteiger partial charge < -0.3 is 10.2 Å². The molecule has 23 heavy (non-hydrogen) atoms. The molecule has 1 aromatic carbocycles. The SMILES string of the molecule is CN(C)[C@@H](CN[C@H]1CSCCc2ccccc21)c1cnn(C)c1. The quantitative estimate of drug-likeness (QED) is 0.914. The van der Waals surface area contributed by atoms with Gasteiger partial charge in [-0.15, -0.1) is 0 Å². The first-order chi connectivity index (χ1) is 11.1. The van der Waals surface area contributed by atoms with Gasteiger partial charge >= 0.3 is 0 Å². The number of rotatable bonds is 5. The van der Waals surface area contributed by atoms with E-state index in [9.17, 15) is 0 Å². The van der Waals surface area contributed by atoms with E-state index in [1.807, 2.05) is 29.7 Å². The highest BCUT2D eigenvalue weighted by molar-refractivity contribution is 7.99. The number of nitrogens with one attached hydrogen (secondary N) is 1. The molecule has 124 valence electrons. The lowest BCUT2D eigenvalue weighted by atomic mass is 9.99. The summed E-state index contributed by atoms with van der Waals surface area (Å²) in [5, 5.41) is 8.13. The number of aromatic nitrogens is 2. The van der Waals surface area contributed by atoms with Crippen LogP contribution in [0.3, 0.4) is 0 Å². The van der Waals surface area contributed by atoms with Crippen molar-refractivity contribution >= 4 is 11.8 Å². The first kappa shape index (κ1) is 16.6. The molecule has 2 heterocycles. The number of aryl methyl sites for hydroxylation is 2. The van der Waals surface area contributed by atoms with Crippen molar-refractivity contribution in [2.75, 3.05) is 32.1 Å². The highest BCUT2D eigenvalue weighted by Gasteiger charge is 2.21. The van der Waals surface area contributed by atoms with Gasteiger partial charge in [-0.1, -0.05) is 24.3 Å². The topological polar surface area (TPSA) is 33.1 Å². The van der Waals surface area contributed by atoms with Crippen LogP contribution >= 0.6 is 11.8 Å². The van der Waals surface area contributed by atoms with Gasteiger partial charge in [0.1, 0.15) is 0 Å². The summed E-state index contributed by atoms with van der Waals surface area (Å²) in [5.74, 6) is 2.36. The van der Waals surface area contributed by atoms with Crippen LogP contribution in [0, 0.1) is 0 Å². The van der Waals surface area contributed by atoms with Crippen LogP contribution in [0.5, 0.6) is 0 Å². The van der Waals surface area contributed by atoms with Gasteiger partial charge in [-0.2, -0.15) is 16.9 Å². The predicted molar refractivity (Wildman–Crippen MR) is 97.9 cm³/mol. The number of likely N-dealkylation sites (N-methyl/N-ethyl adjacent to an activating group) is 1. The average Bonchev–Trinajstić information content (AvgIpc) is 2.85. The summed E-state index contributed by atoms with van der Waals surface area (Å²) < 4.78 is 1.88. The Morgan fingerprint density at radius 2 is 2.22 bits per heavy atom. The van der Waals surface area contributed by atoms with Crippen molar-refractivity contribution in [1.82, 2.24) is 20.0 Å². The molecule has 2 aromatic rings. The monoisotopic (exact) mass is 330 g/mol. The van der Waals surface area contributed by atoms with Gasteiger partial charge in [0.15, 0.2) is 0 Å². The van der Waals surface area contributed by atoms with E-state index in [1.54, 1.807) is 0 Å². The van der Waals surface area contributed by atoms with Crippen molar-refractivity contribution in [3.63, 3.8) is 0 Å². The van der Waals surface area contributed by atoms with Crippen molar-refractivity contribution in [3.8, 4) is 0 Å². The maximum absolute atomic E-state index is 4.32. The molecule has 4 nitrogen and oxygen atoms in total. The van der Waals surface area contributed by atoms with Crippen LogP contribution in [-0.4, -0.2) is 46.8 Å². The molecule has 0 saturated heterocycles. The summed E-state index contributed by atoms with van der Waals surface area (Å²) >= 11 is 2.05. The molecule has 1 N–H and O–H groups in total. The fourth-order valence-corrected chi connectivity index (χ4v) is 4.27. The molecule has 0 aliphatic carbocycles. The van der Waals surface area contributed by atoms with E-state index in [0.717, 1.165) is 12.3 Å². The molecule has 0 bridgehead atoms. The van der Waals surface area contributed by atoms with E-state index in [4.69, 9.17) is 0 Å². The summed E-state index contributed by atoms with van der Waals surface area (Å²) in [6.07, 6.45) is 5.27. The van der Waals surface area contributed by atoms with E-state index in [0.29, 0.717) is 12.1 Å². The average molecular weight is 331 g/mol. The first-order valence-corrected chi connectivity index (χ1v) is 9.34. The smallest absolute Gasteiger partial charge is 0.0538 e. The lowest BCUT2D eigenvalue weighted by Crippen LogP contribution is -2.34. The van der Waals surface area contributed by atoms with E-state index in [-0.39, 0.29) is 0 Å². The molecular formula is C18H26N4S. The number of hydrogen-bond acceptors (Lipinski definition) is 4. The minimum atomic E-state index is 0.337. The Kier molecular flexibility index (Phi) is 5.41. The molecule has 1 aliphatic rings. The van der Waals surface area contributed by atoms with Gasteiger partial charge in [-0.3, -0.25) is 4.68 Å². The van der Waals surface area contributed by atoms with Gasteiger partial charge in [0, 0.05) is 43.2 Å². The highest BCUT2D eigenvalue weighted by atomic mass is 32.2. The second-order valence-corrected chi connectivity index (χ2v) is 7.56. The molecule has 0 saturated carbocycles. The van der Waals surface area contributed by atoms with Crippen LogP contribution in [-0.2, 0) is 13.5 Å². The summed E-state index contributed by atoms with van der Waals surface area (Å²) in [6, 6.07) is 9.65. The normalized spacial score (nSPS) is 19.4. The molecule has 5 heteroatoms. The van der Waals surface area contributed by atoms with Gasteiger partial charge in [0.05, 0.1) is 6.20 Å². The Labute approximate surface area is 143 Å². The zero-order chi connectivity index (χ0) is 16.2. The second-order valence-electron chi connectivity index (χ2n) is 6.41. The Balaban J connectivity index is 1.73. The summed E-state index contributed by atoms with van der Waals surface area (Å²) in [5.41, 5.74) is 4.23. The number of thioether (sulfide) groups is 1. The van der Waals surface area contributed by atoms with Crippen LogP contribution in [0.2, 0.25) is 0 Å². The standard InChI is InChI=1S/C18H26N4S/c1-21(2)18(15-10-20-22(3)12-15)11-19-17-13-23-9-8-14-6-4-5-7-16(14)17/h4-7,10,12,17-19H,8-9,11,13H2,1-3H3/t17-,18-/m0/s1. The minimum absolute atomic E-state index is 0.337. The number of nitrogens with zero attached hydrogens (tertiary/aromatic N) is 3. The van der Waals surface area contributed by atoms with E-state index >= 15 is 0 Å². The van der Waals surface area contributed by atoms with Crippen LogP contribution in [0.4, 0.5) is 0 Å². The summed E-state index contributed by atoms with van der Waals surface area (Å²) in [4.78, 5) is 2.26. The third kappa shape index (κ3) is 3.97. The zero-order valence-corrected chi connectivity index (χ0v) is 15.0. The summed E-state index contributed by atoms with van der Waals surface area (Å²) in [7, 11) is 6.24. The van der Waals surface area contributed by atoms with Crippen LogP contribution in [0.1, 0.15) is 28.8 Å². The van der Waals surface area contributed by atoms with Crippen molar-refractivity contribution < 1.29 is 0 Å². The molecule has 2 atom stereocenters. The van der Waals surface area contributed by atoms with Gasteiger partial charge in [0.2, 0.25) is 0 Å². The van der Waals surface area contributed by atoms with Crippen molar-refractivity contribution in [2.45, 2.75) is 18.5 Å². The fourth-order valence-electron chi connectivity index (χ4n) is 3.21. The van der Waals surface area contributed by atoms with E-state index in [1.165, 1.54) is 28.9 Å². The first-order valence-electron chi connectivity index (χ1n) is 8.19. The van der Waals surface area contributed by atoms with E-state index < -0.39 is 0 Å². The third-order valence-electron chi connectivity index (χ3n) is 4.52. The number of hydrogen-bond donors (Lipinski definition) is 1. The highest BCUT2D eigenvalue weighted by Crippen LogP contribution is 2.28. The zero-order valence-electron chi connectivity index (χ0n) is 14.2. The third-order valence-corrected chi connectivity index (χ3v) is 5.58.